The molecule has 0 radical (unpaired) electrons. The Labute approximate surface area is 197 Å². The number of allylic oxidation sites excluding steroid dienone is 1. The van der Waals surface area contributed by atoms with Crippen LogP contribution in [0.2, 0.25) is 0 Å². The Hall–Kier alpha value is -3.52. The van der Waals surface area contributed by atoms with Gasteiger partial charge in [-0.2, -0.15) is 4.99 Å². The second-order valence-electron chi connectivity index (χ2n) is 7.47. The van der Waals surface area contributed by atoms with E-state index in [1.54, 1.807) is 36.9 Å². The van der Waals surface area contributed by atoms with E-state index in [9.17, 15) is 4.79 Å². The quantitative estimate of drug-likeness (QED) is 0.336. The Kier molecular flexibility index (Phi) is 6.84. The van der Waals surface area contributed by atoms with Gasteiger partial charge >= 0.3 is 0 Å². The van der Waals surface area contributed by atoms with Crippen LogP contribution < -0.4 is 9.47 Å². The van der Waals surface area contributed by atoms with Crippen molar-refractivity contribution in [2.24, 2.45) is 4.99 Å². The number of aryl methyl sites for hydroxylation is 1. The molecule has 0 fully saturated rings. The normalized spacial score (nSPS) is 16.3. The smallest absolute Gasteiger partial charge is 0.282 e. The molecule has 0 aromatic heterocycles. The van der Waals surface area contributed by atoms with Gasteiger partial charge in [-0.25, -0.2) is 0 Å². The lowest BCUT2D eigenvalue weighted by molar-refractivity contribution is -0.114. The highest BCUT2D eigenvalue weighted by atomic mass is 32.2. The van der Waals surface area contributed by atoms with Crippen LogP contribution in [0, 0.1) is 12.3 Å². The fourth-order valence-electron chi connectivity index (χ4n) is 3.31. The zero-order valence-corrected chi connectivity index (χ0v) is 19.6. The molecule has 1 amide bonds. The van der Waals surface area contributed by atoms with Gasteiger partial charge in [0.05, 0.1) is 18.8 Å². The fraction of sp³-hybridized carbons (Fsp3) is 0.240. The summed E-state index contributed by atoms with van der Waals surface area (Å²) in [5, 5.41) is 9.60. The van der Waals surface area contributed by atoms with Crippen molar-refractivity contribution in [1.82, 2.24) is 5.06 Å². The highest BCUT2D eigenvalue weighted by Crippen LogP contribution is 2.31. The number of carbonyl (C=O) groups excluding carboxylic acids is 1. The van der Waals surface area contributed by atoms with Crippen molar-refractivity contribution >= 4 is 35.4 Å². The second-order valence-corrected chi connectivity index (χ2v) is 8.64. The van der Waals surface area contributed by atoms with E-state index in [2.05, 4.69) is 36.2 Å². The van der Waals surface area contributed by atoms with Crippen LogP contribution in [0.5, 0.6) is 11.5 Å². The molecule has 8 heteroatoms. The molecule has 1 N–H and O–H groups in total. The number of rotatable bonds is 8. The van der Waals surface area contributed by atoms with E-state index in [-0.39, 0.29) is 11.4 Å². The number of aliphatic imine (C=N–C) groups is 1. The molecule has 7 nitrogen and oxygen atoms in total. The van der Waals surface area contributed by atoms with Crippen molar-refractivity contribution < 1.29 is 19.1 Å². The van der Waals surface area contributed by atoms with Crippen LogP contribution in [-0.4, -0.2) is 41.6 Å². The van der Waals surface area contributed by atoms with E-state index in [1.165, 1.54) is 15.5 Å². The lowest BCUT2D eigenvalue weighted by Gasteiger charge is -2.23. The standard InChI is InChI=1S/C25H25N3O4S/c1-4-30-22-15-18(14-20-24(26)28-23(27-25(20)29)13-17(3)32-28)7-10-21(22)31-11-12-33-19-8-5-16(2)6-9-19/h5-10,13-15,26H,4,11-12H2,1-3H3/b20-14+,26-24?. The number of fused-ring (bicyclic) bond motifs is 1. The van der Waals surface area contributed by atoms with E-state index in [4.69, 9.17) is 19.7 Å². The first-order valence-corrected chi connectivity index (χ1v) is 11.6. The fourth-order valence-corrected chi connectivity index (χ4v) is 4.05. The summed E-state index contributed by atoms with van der Waals surface area (Å²) in [6.45, 7) is 6.72. The number of thioether (sulfide) groups is 1. The van der Waals surface area contributed by atoms with Crippen LogP contribution in [0.15, 0.2) is 69.8 Å². The lowest BCUT2D eigenvalue weighted by Crippen LogP contribution is -2.38. The minimum atomic E-state index is -0.479. The predicted molar refractivity (Wildman–Crippen MR) is 130 cm³/mol. The number of carbonyl (C=O) groups is 1. The highest BCUT2D eigenvalue weighted by Gasteiger charge is 2.34. The Morgan fingerprint density at radius 2 is 1.91 bits per heavy atom. The van der Waals surface area contributed by atoms with Crippen molar-refractivity contribution in [1.29, 1.82) is 5.41 Å². The number of nitrogens with zero attached hydrogens (tertiary/aromatic N) is 2. The van der Waals surface area contributed by atoms with Gasteiger partial charge in [0.1, 0.15) is 5.76 Å². The van der Waals surface area contributed by atoms with E-state index in [0.717, 1.165) is 5.75 Å². The molecule has 0 unspecified atom stereocenters. The number of ether oxygens (including phenoxy) is 2. The molecule has 0 saturated carbocycles. The van der Waals surface area contributed by atoms with E-state index >= 15 is 0 Å². The van der Waals surface area contributed by atoms with Gasteiger partial charge in [-0.3, -0.25) is 10.2 Å². The van der Waals surface area contributed by atoms with Crippen LogP contribution in [0.1, 0.15) is 25.0 Å². The van der Waals surface area contributed by atoms with Crippen molar-refractivity contribution in [3.05, 3.63) is 71.0 Å². The molecule has 2 heterocycles. The summed E-state index contributed by atoms with van der Waals surface area (Å²) < 4.78 is 11.7. The maximum Gasteiger partial charge on any atom is 0.282 e. The molecule has 2 aliphatic rings. The molecule has 0 saturated heterocycles. The van der Waals surface area contributed by atoms with Gasteiger partial charge in [0.15, 0.2) is 23.2 Å². The molecular formula is C25H25N3O4S. The topological polar surface area (TPSA) is 84.2 Å². The minimum Gasteiger partial charge on any atom is -0.490 e. The predicted octanol–water partition coefficient (Wildman–Crippen LogP) is 5.02. The van der Waals surface area contributed by atoms with Gasteiger partial charge in [0.2, 0.25) is 0 Å². The van der Waals surface area contributed by atoms with E-state index in [0.29, 0.717) is 41.9 Å². The monoisotopic (exact) mass is 463 g/mol. The first-order chi connectivity index (χ1) is 15.9. The average molecular weight is 464 g/mol. The summed E-state index contributed by atoms with van der Waals surface area (Å²) in [6.07, 6.45) is 3.24. The summed E-state index contributed by atoms with van der Waals surface area (Å²) >= 11 is 1.73. The molecule has 4 rings (SSSR count). The third kappa shape index (κ3) is 5.28. The molecule has 2 aromatic carbocycles. The second kappa shape index (κ2) is 9.95. The summed E-state index contributed by atoms with van der Waals surface area (Å²) in [7, 11) is 0. The minimum absolute atomic E-state index is 0.0514. The van der Waals surface area contributed by atoms with Crippen LogP contribution >= 0.6 is 11.8 Å². The Bertz CT molecular complexity index is 1170. The lowest BCUT2D eigenvalue weighted by atomic mass is 10.1. The maximum absolute atomic E-state index is 12.5. The largest absolute Gasteiger partial charge is 0.490 e. The average Bonchev–Trinajstić information content (AvgIpc) is 3.17. The molecule has 170 valence electrons. The maximum atomic E-state index is 12.5. The van der Waals surface area contributed by atoms with Crippen LogP contribution in [-0.2, 0) is 9.63 Å². The zero-order valence-electron chi connectivity index (χ0n) is 18.8. The number of amides is 1. The SMILES string of the molecule is CCOc1cc(/C=C2\C(=N)N3OC(C)=CC3=NC2=O)ccc1OCCSc1ccc(C)cc1. The van der Waals surface area contributed by atoms with E-state index in [1.807, 2.05) is 19.1 Å². The van der Waals surface area contributed by atoms with Gasteiger partial charge < -0.3 is 14.3 Å². The first-order valence-electron chi connectivity index (χ1n) is 10.6. The summed E-state index contributed by atoms with van der Waals surface area (Å²) in [5.74, 6) is 2.39. The molecular weight excluding hydrogens is 438 g/mol. The Morgan fingerprint density at radius 3 is 2.67 bits per heavy atom. The van der Waals surface area contributed by atoms with Crippen LogP contribution in [0.25, 0.3) is 6.08 Å². The van der Waals surface area contributed by atoms with Crippen molar-refractivity contribution in [2.45, 2.75) is 25.7 Å². The van der Waals surface area contributed by atoms with Gasteiger partial charge in [-0.05, 0) is 56.7 Å². The zero-order chi connectivity index (χ0) is 23.4. The summed E-state index contributed by atoms with van der Waals surface area (Å²) in [5.41, 5.74) is 2.09. The molecule has 0 bridgehead atoms. The van der Waals surface area contributed by atoms with Crippen LogP contribution in [0.3, 0.4) is 0 Å². The van der Waals surface area contributed by atoms with Gasteiger partial charge in [0.25, 0.3) is 5.91 Å². The molecule has 2 aliphatic heterocycles. The summed E-state index contributed by atoms with van der Waals surface area (Å²) in [6, 6.07) is 13.8. The van der Waals surface area contributed by atoms with Crippen molar-refractivity contribution in [2.75, 3.05) is 19.0 Å². The highest BCUT2D eigenvalue weighted by molar-refractivity contribution is 7.99. The molecule has 33 heavy (non-hydrogen) atoms. The van der Waals surface area contributed by atoms with Gasteiger partial charge in [0, 0.05) is 16.7 Å². The molecule has 0 atom stereocenters. The Morgan fingerprint density at radius 1 is 1.12 bits per heavy atom. The number of nitrogens with one attached hydrogen (secondary N) is 1. The van der Waals surface area contributed by atoms with Gasteiger partial charge in [-0.15, -0.1) is 16.8 Å². The molecule has 0 aliphatic carbocycles. The number of benzene rings is 2. The Balaban J connectivity index is 1.45. The number of hydrogen-bond donors (Lipinski definition) is 1. The molecule has 2 aromatic rings. The van der Waals surface area contributed by atoms with Crippen molar-refractivity contribution in [3.63, 3.8) is 0 Å². The summed E-state index contributed by atoms with van der Waals surface area (Å²) in [4.78, 5) is 23.2. The third-order valence-electron chi connectivity index (χ3n) is 4.89. The van der Waals surface area contributed by atoms with E-state index < -0.39 is 5.91 Å². The third-order valence-corrected chi connectivity index (χ3v) is 5.87. The van der Waals surface area contributed by atoms with Gasteiger partial charge in [-0.1, -0.05) is 23.8 Å². The van der Waals surface area contributed by atoms with Crippen molar-refractivity contribution in [3.8, 4) is 11.5 Å². The molecule has 0 spiro atoms. The van der Waals surface area contributed by atoms with Crippen LogP contribution in [0.4, 0.5) is 0 Å². The first kappa shape index (κ1) is 22.7. The number of amidine groups is 2. The number of hydrogen-bond acceptors (Lipinski definition) is 6. The number of hydroxylamine groups is 2.